The standard InChI is InChI=1S/C14H16ClNO3/c1-9-8-10(4-5-11(9)15)12(17)16-7-3-6-14(16,2)13(18)19/h4-5,8H,3,6-7H2,1-2H3,(H,18,19). The predicted molar refractivity (Wildman–Crippen MR) is 72.5 cm³/mol. The van der Waals surface area contributed by atoms with Crippen LogP contribution in [0, 0.1) is 6.92 Å². The molecular weight excluding hydrogens is 266 g/mol. The van der Waals surface area contributed by atoms with E-state index in [1.807, 2.05) is 6.92 Å². The van der Waals surface area contributed by atoms with Gasteiger partial charge in [-0.3, -0.25) is 4.79 Å². The number of nitrogens with zero attached hydrogens (tertiary/aromatic N) is 1. The van der Waals surface area contributed by atoms with E-state index in [9.17, 15) is 14.7 Å². The van der Waals surface area contributed by atoms with Crippen LogP contribution in [0.15, 0.2) is 18.2 Å². The summed E-state index contributed by atoms with van der Waals surface area (Å²) in [4.78, 5) is 25.3. The van der Waals surface area contributed by atoms with Gasteiger partial charge in [-0.15, -0.1) is 0 Å². The molecule has 5 heteroatoms. The maximum Gasteiger partial charge on any atom is 0.329 e. The molecule has 19 heavy (non-hydrogen) atoms. The average molecular weight is 282 g/mol. The quantitative estimate of drug-likeness (QED) is 0.907. The molecule has 0 saturated carbocycles. The van der Waals surface area contributed by atoms with Crippen LogP contribution in [0.1, 0.15) is 35.7 Å². The normalized spacial score (nSPS) is 22.6. The number of hydrogen-bond donors (Lipinski definition) is 1. The maximum absolute atomic E-state index is 12.5. The zero-order valence-electron chi connectivity index (χ0n) is 10.9. The van der Waals surface area contributed by atoms with E-state index in [1.54, 1.807) is 25.1 Å². The third kappa shape index (κ3) is 2.32. The number of carbonyl (C=O) groups is 2. The van der Waals surface area contributed by atoms with Crippen molar-refractivity contribution in [3.05, 3.63) is 34.3 Å². The Bertz CT molecular complexity index is 543. The van der Waals surface area contributed by atoms with Gasteiger partial charge in [0.15, 0.2) is 0 Å². The van der Waals surface area contributed by atoms with Gasteiger partial charge in [-0.2, -0.15) is 0 Å². The van der Waals surface area contributed by atoms with Gasteiger partial charge >= 0.3 is 5.97 Å². The number of halogens is 1. The van der Waals surface area contributed by atoms with Gasteiger partial charge in [-0.1, -0.05) is 11.6 Å². The average Bonchev–Trinajstić information content (AvgIpc) is 2.75. The first-order valence-corrected chi connectivity index (χ1v) is 6.55. The summed E-state index contributed by atoms with van der Waals surface area (Å²) in [5, 5.41) is 9.92. The molecule has 1 saturated heterocycles. The summed E-state index contributed by atoms with van der Waals surface area (Å²) in [5.41, 5.74) is 0.185. The van der Waals surface area contributed by atoms with Gasteiger partial charge in [0.25, 0.3) is 5.91 Å². The number of aryl methyl sites for hydroxylation is 1. The number of carboxylic acid groups (broad SMARTS) is 1. The summed E-state index contributed by atoms with van der Waals surface area (Å²) in [6, 6.07) is 5.00. The van der Waals surface area contributed by atoms with Crippen LogP contribution < -0.4 is 0 Å². The minimum Gasteiger partial charge on any atom is -0.480 e. The number of carbonyl (C=O) groups excluding carboxylic acids is 1. The van der Waals surface area contributed by atoms with Gasteiger partial charge in [0, 0.05) is 17.1 Å². The predicted octanol–water partition coefficient (Wildman–Crippen LogP) is 2.73. The topological polar surface area (TPSA) is 57.6 Å². The van der Waals surface area contributed by atoms with Crippen molar-refractivity contribution in [3.8, 4) is 0 Å². The molecule has 102 valence electrons. The van der Waals surface area contributed by atoms with E-state index in [2.05, 4.69) is 0 Å². The number of hydrogen-bond acceptors (Lipinski definition) is 2. The Kier molecular flexibility index (Phi) is 3.54. The van der Waals surface area contributed by atoms with Crippen LogP contribution in [0.4, 0.5) is 0 Å². The smallest absolute Gasteiger partial charge is 0.329 e. The molecule has 1 aliphatic heterocycles. The molecule has 1 heterocycles. The Morgan fingerprint density at radius 1 is 1.42 bits per heavy atom. The molecule has 1 amide bonds. The lowest BCUT2D eigenvalue weighted by Gasteiger charge is -2.31. The highest BCUT2D eigenvalue weighted by molar-refractivity contribution is 6.31. The highest BCUT2D eigenvalue weighted by Gasteiger charge is 2.46. The third-order valence-electron chi connectivity index (χ3n) is 3.75. The minimum atomic E-state index is -1.11. The molecule has 0 aromatic heterocycles. The van der Waals surface area contributed by atoms with Crippen molar-refractivity contribution in [2.75, 3.05) is 6.54 Å². The SMILES string of the molecule is Cc1cc(C(=O)N2CCCC2(C)C(=O)O)ccc1Cl. The highest BCUT2D eigenvalue weighted by Crippen LogP contribution is 2.31. The molecule has 1 unspecified atom stereocenters. The van der Waals surface area contributed by atoms with Gasteiger partial charge < -0.3 is 10.0 Å². The summed E-state index contributed by atoms with van der Waals surface area (Å²) in [6.45, 7) is 3.89. The molecule has 1 fully saturated rings. The van der Waals surface area contributed by atoms with E-state index in [0.29, 0.717) is 30.0 Å². The summed E-state index contributed by atoms with van der Waals surface area (Å²) in [5.74, 6) is -1.20. The zero-order valence-corrected chi connectivity index (χ0v) is 11.7. The number of aliphatic carboxylic acids is 1. The molecule has 0 spiro atoms. The molecule has 0 bridgehead atoms. The first kappa shape index (κ1) is 13.9. The fourth-order valence-corrected chi connectivity index (χ4v) is 2.56. The van der Waals surface area contributed by atoms with Crippen molar-refractivity contribution in [2.24, 2.45) is 0 Å². The monoisotopic (exact) mass is 281 g/mol. The molecule has 1 aromatic rings. The molecule has 2 rings (SSSR count). The van der Waals surface area contributed by atoms with E-state index < -0.39 is 11.5 Å². The zero-order chi connectivity index (χ0) is 14.2. The van der Waals surface area contributed by atoms with Gasteiger partial charge in [0.1, 0.15) is 5.54 Å². The van der Waals surface area contributed by atoms with Crippen LogP contribution in [-0.2, 0) is 4.79 Å². The van der Waals surface area contributed by atoms with Crippen LogP contribution in [0.5, 0.6) is 0 Å². The second kappa shape index (κ2) is 4.85. The lowest BCUT2D eigenvalue weighted by molar-refractivity contribution is -0.147. The Morgan fingerprint density at radius 2 is 2.11 bits per heavy atom. The van der Waals surface area contributed by atoms with E-state index in [4.69, 9.17) is 11.6 Å². The first-order valence-electron chi connectivity index (χ1n) is 6.18. The fraction of sp³-hybridized carbons (Fsp3) is 0.429. The Hall–Kier alpha value is -1.55. The van der Waals surface area contributed by atoms with Crippen LogP contribution in [0.3, 0.4) is 0 Å². The number of amides is 1. The van der Waals surface area contributed by atoms with Crippen molar-refractivity contribution in [1.82, 2.24) is 4.90 Å². The number of likely N-dealkylation sites (tertiary alicyclic amines) is 1. The Labute approximate surface area is 117 Å². The Balaban J connectivity index is 2.33. The van der Waals surface area contributed by atoms with E-state index in [1.165, 1.54) is 4.90 Å². The van der Waals surface area contributed by atoms with Crippen molar-refractivity contribution in [2.45, 2.75) is 32.2 Å². The van der Waals surface area contributed by atoms with Crippen LogP contribution >= 0.6 is 11.6 Å². The van der Waals surface area contributed by atoms with Crippen molar-refractivity contribution in [1.29, 1.82) is 0 Å². The second-order valence-electron chi connectivity index (χ2n) is 5.10. The molecule has 1 aliphatic rings. The lowest BCUT2D eigenvalue weighted by atomic mass is 9.98. The second-order valence-corrected chi connectivity index (χ2v) is 5.51. The van der Waals surface area contributed by atoms with Crippen molar-refractivity contribution >= 4 is 23.5 Å². The van der Waals surface area contributed by atoms with Crippen molar-refractivity contribution < 1.29 is 14.7 Å². The van der Waals surface area contributed by atoms with Gasteiger partial charge in [-0.05, 0) is 50.5 Å². The first-order chi connectivity index (χ1) is 8.86. The van der Waals surface area contributed by atoms with Gasteiger partial charge in [-0.25, -0.2) is 4.79 Å². The maximum atomic E-state index is 12.5. The molecule has 0 aliphatic carbocycles. The highest BCUT2D eigenvalue weighted by atomic mass is 35.5. The summed E-state index contributed by atoms with van der Waals surface area (Å²) < 4.78 is 0. The summed E-state index contributed by atoms with van der Waals surface area (Å²) in [6.07, 6.45) is 1.20. The number of carboxylic acids is 1. The van der Waals surface area contributed by atoms with Gasteiger partial charge in [0.05, 0.1) is 0 Å². The largest absolute Gasteiger partial charge is 0.480 e. The van der Waals surface area contributed by atoms with Crippen LogP contribution in [0.25, 0.3) is 0 Å². The third-order valence-corrected chi connectivity index (χ3v) is 4.18. The molecular formula is C14H16ClNO3. The molecule has 1 aromatic carbocycles. The van der Waals surface area contributed by atoms with E-state index in [0.717, 1.165) is 5.56 Å². The summed E-state index contributed by atoms with van der Waals surface area (Å²) >= 11 is 5.93. The van der Waals surface area contributed by atoms with Crippen molar-refractivity contribution in [3.63, 3.8) is 0 Å². The molecule has 1 atom stereocenters. The lowest BCUT2D eigenvalue weighted by Crippen LogP contribution is -2.50. The molecule has 4 nitrogen and oxygen atoms in total. The molecule has 0 radical (unpaired) electrons. The number of benzene rings is 1. The Morgan fingerprint density at radius 3 is 2.68 bits per heavy atom. The van der Waals surface area contributed by atoms with Crippen LogP contribution in [0.2, 0.25) is 5.02 Å². The fourth-order valence-electron chi connectivity index (χ4n) is 2.44. The molecule has 1 N–H and O–H groups in total. The number of rotatable bonds is 2. The van der Waals surface area contributed by atoms with Gasteiger partial charge in [0.2, 0.25) is 0 Å². The minimum absolute atomic E-state index is 0.248. The van der Waals surface area contributed by atoms with E-state index >= 15 is 0 Å². The summed E-state index contributed by atoms with van der Waals surface area (Å²) in [7, 11) is 0. The van der Waals surface area contributed by atoms with Crippen LogP contribution in [-0.4, -0.2) is 34.0 Å². The van der Waals surface area contributed by atoms with E-state index in [-0.39, 0.29) is 5.91 Å².